The number of likely N-dealkylation sites (N-methyl/N-ethyl adjacent to an activating group) is 1. The second kappa shape index (κ2) is 6.59. The molecule has 1 unspecified atom stereocenters. The van der Waals surface area contributed by atoms with E-state index in [4.69, 9.17) is 4.74 Å². The maximum Gasteiger partial charge on any atom is 0.325 e. The Kier molecular flexibility index (Phi) is 5.41. The molecule has 1 fully saturated rings. The largest absolute Gasteiger partial charge is 0.465 e. The van der Waals surface area contributed by atoms with Gasteiger partial charge < -0.3 is 14.5 Å². The fraction of sp³-hybridized carbons (Fsp3) is 0.833. The summed E-state index contributed by atoms with van der Waals surface area (Å²) in [6.45, 7) is 6.38. The zero-order chi connectivity index (χ0) is 12.8. The normalized spacial score (nSPS) is 20.3. The third-order valence-corrected chi connectivity index (χ3v) is 3.06. The van der Waals surface area contributed by atoms with Crippen LogP contribution < -0.4 is 0 Å². The second-order valence-corrected chi connectivity index (χ2v) is 4.41. The molecule has 98 valence electrons. The topological polar surface area (TPSA) is 49.9 Å². The number of esters is 1. The number of nitrogens with zero attached hydrogens (tertiary/aromatic N) is 2. The molecule has 0 N–H and O–H groups in total. The zero-order valence-electron chi connectivity index (χ0n) is 10.9. The Balaban J connectivity index is 2.49. The minimum atomic E-state index is -0.325. The summed E-state index contributed by atoms with van der Waals surface area (Å²) in [6.07, 6.45) is 0.884. The summed E-state index contributed by atoms with van der Waals surface area (Å²) in [5.74, 6) is -0.215. The highest BCUT2D eigenvalue weighted by Gasteiger charge is 2.30. The Hall–Kier alpha value is -1.10. The van der Waals surface area contributed by atoms with Gasteiger partial charge in [-0.1, -0.05) is 0 Å². The van der Waals surface area contributed by atoms with Crippen molar-refractivity contribution in [1.82, 2.24) is 9.80 Å². The Morgan fingerprint density at radius 1 is 1.41 bits per heavy atom. The fourth-order valence-corrected chi connectivity index (χ4v) is 2.10. The number of likely N-dealkylation sites (tertiary alicyclic amines) is 1. The summed E-state index contributed by atoms with van der Waals surface area (Å²) >= 11 is 0. The van der Waals surface area contributed by atoms with Gasteiger partial charge in [0.15, 0.2) is 0 Å². The fourth-order valence-electron chi connectivity index (χ4n) is 2.10. The van der Waals surface area contributed by atoms with E-state index in [9.17, 15) is 9.59 Å². The average molecular weight is 242 g/mol. The molecule has 1 aliphatic heterocycles. The van der Waals surface area contributed by atoms with Crippen LogP contribution in [0, 0.1) is 5.92 Å². The lowest BCUT2D eigenvalue weighted by Gasteiger charge is -2.23. The molecule has 0 aromatic carbocycles. The van der Waals surface area contributed by atoms with Crippen molar-refractivity contribution in [1.29, 1.82) is 0 Å². The van der Waals surface area contributed by atoms with Crippen LogP contribution in [-0.4, -0.2) is 61.5 Å². The van der Waals surface area contributed by atoms with E-state index in [-0.39, 0.29) is 24.3 Å². The first-order valence-electron chi connectivity index (χ1n) is 6.21. The first-order valence-corrected chi connectivity index (χ1v) is 6.21. The van der Waals surface area contributed by atoms with Crippen LogP contribution >= 0.6 is 0 Å². The number of amides is 1. The van der Waals surface area contributed by atoms with Gasteiger partial charge in [0, 0.05) is 13.1 Å². The van der Waals surface area contributed by atoms with Gasteiger partial charge >= 0.3 is 5.97 Å². The van der Waals surface area contributed by atoms with Gasteiger partial charge in [0.2, 0.25) is 5.91 Å². The van der Waals surface area contributed by atoms with Gasteiger partial charge in [-0.05, 0) is 33.9 Å². The Morgan fingerprint density at radius 2 is 2.12 bits per heavy atom. The lowest BCUT2D eigenvalue weighted by Crippen LogP contribution is -2.40. The highest BCUT2D eigenvalue weighted by molar-refractivity contribution is 5.84. The lowest BCUT2D eigenvalue weighted by molar-refractivity contribution is -0.150. The van der Waals surface area contributed by atoms with Gasteiger partial charge in [-0.2, -0.15) is 0 Å². The number of ether oxygens (including phenoxy) is 1. The number of carbonyl (C=O) groups is 2. The maximum atomic E-state index is 12.2. The molecule has 1 rings (SSSR count). The Labute approximate surface area is 103 Å². The molecule has 0 radical (unpaired) electrons. The first kappa shape index (κ1) is 14.0. The minimum absolute atomic E-state index is 0.0365. The van der Waals surface area contributed by atoms with Crippen molar-refractivity contribution in [2.75, 3.05) is 39.8 Å². The molecule has 1 aliphatic rings. The molecule has 1 amide bonds. The molecule has 0 aromatic heterocycles. The van der Waals surface area contributed by atoms with Gasteiger partial charge in [-0.25, -0.2) is 0 Å². The first-order chi connectivity index (χ1) is 8.08. The third kappa shape index (κ3) is 4.00. The van der Waals surface area contributed by atoms with Crippen LogP contribution in [0.3, 0.4) is 0 Å². The molecule has 5 heteroatoms. The zero-order valence-corrected chi connectivity index (χ0v) is 10.9. The number of rotatable bonds is 5. The standard InChI is InChI=1S/C12H22N2O3/c1-4-14(9-11(15)17-5-2)12(16)10-6-7-13(3)8-10/h10H,4-9H2,1-3H3. The molecule has 5 nitrogen and oxygen atoms in total. The average Bonchev–Trinajstić information content (AvgIpc) is 2.72. The predicted molar refractivity (Wildman–Crippen MR) is 64.5 cm³/mol. The maximum absolute atomic E-state index is 12.2. The lowest BCUT2D eigenvalue weighted by atomic mass is 10.1. The summed E-state index contributed by atoms with van der Waals surface area (Å²) in [6, 6.07) is 0. The smallest absolute Gasteiger partial charge is 0.325 e. The molecule has 0 saturated carbocycles. The molecular weight excluding hydrogens is 220 g/mol. The molecule has 0 aliphatic carbocycles. The summed E-state index contributed by atoms with van der Waals surface area (Å²) in [7, 11) is 2.01. The van der Waals surface area contributed by atoms with Crippen molar-refractivity contribution in [3.63, 3.8) is 0 Å². The van der Waals surface area contributed by atoms with Crippen molar-refractivity contribution < 1.29 is 14.3 Å². The van der Waals surface area contributed by atoms with Gasteiger partial charge in [0.25, 0.3) is 0 Å². The molecular formula is C12H22N2O3. The summed E-state index contributed by atoms with van der Waals surface area (Å²) < 4.78 is 4.86. The molecule has 0 bridgehead atoms. The van der Waals surface area contributed by atoms with Gasteiger partial charge in [0.05, 0.1) is 12.5 Å². The molecule has 1 heterocycles. The highest BCUT2D eigenvalue weighted by atomic mass is 16.5. The summed E-state index contributed by atoms with van der Waals surface area (Å²) in [5, 5.41) is 0. The van der Waals surface area contributed by atoms with E-state index in [2.05, 4.69) is 4.90 Å². The Morgan fingerprint density at radius 3 is 2.59 bits per heavy atom. The molecule has 1 saturated heterocycles. The second-order valence-electron chi connectivity index (χ2n) is 4.41. The minimum Gasteiger partial charge on any atom is -0.465 e. The number of hydrogen-bond donors (Lipinski definition) is 0. The van der Waals surface area contributed by atoms with Crippen molar-refractivity contribution in [3.05, 3.63) is 0 Å². The number of hydrogen-bond acceptors (Lipinski definition) is 4. The van der Waals surface area contributed by atoms with Crippen molar-refractivity contribution >= 4 is 11.9 Å². The van der Waals surface area contributed by atoms with Crippen LogP contribution in [0.1, 0.15) is 20.3 Å². The Bertz CT molecular complexity index is 281. The molecule has 17 heavy (non-hydrogen) atoms. The molecule has 0 aromatic rings. The van der Waals surface area contributed by atoms with Crippen molar-refractivity contribution in [2.24, 2.45) is 5.92 Å². The molecule has 0 spiro atoms. The van der Waals surface area contributed by atoms with Crippen LogP contribution in [0.2, 0.25) is 0 Å². The number of carbonyl (C=O) groups excluding carboxylic acids is 2. The van der Waals surface area contributed by atoms with E-state index in [1.165, 1.54) is 0 Å². The van der Waals surface area contributed by atoms with E-state index in [1.54, 1.807) is 11.8 Å². The van der Waals surface area contributed by atoms with E-state index in [1.807, 2.05) is 14.0 Å². The van der Waals surface area contributed by atoms with E-state index in [0.717, 1.165) is 19.5 Å². The summed E-state index contributed by atoms with van der Waals surface area (Å²) in [5.41, 5.74) is 0. The predicted octanol–water partition coefficient (Wildman–Crippen LogP) is 0.350. The van der Waals surface area contributed by atoms with Crippen LogP contribution in [-0.2, 0) is 14.3 Å². The van der Waals surface area contributed by atoms with Crippen molar-refractivity contribution in [2.45, 2.75) is 20.3 Å². The van der Waals surface area contributed by atoms with E-state index in [0.29, 0.717) is 13.2 Å². The molecule has 1 atom stereocenters. The third-order valence-electron chi connectivity index (χ3n) is 3.06. The SMILES string of the molecule is CCOC(=O)CN(CC)C(=O)C1CCN(C)C1. The van der Waals surface area contributed by atoms with Crippen LogP contribution in [0.25, 0.3) is 0 Å². The van der Waals surface area contributed by atoms with E-state index < -0.39 is 0 Å². The quantitative estimate of drug-likeness (QED) is 0.653. The summed E-state index contributed by atoms with van der Waals surface area (Å²) in [4.78, 5) is 27.2. The van der Waals surface area contributed by atoms with Gasteiger partial charge in [0.1, 0.15) is 6.54 Å². The van der Waals surface area contributed by atoms with E-state index >= 15 is 0 Å². The van der Waals surface area contributed by atoms with Crippen LogP contribution in [0.5, 0.6) is 0 Å². The monoisotopic (exact) mass is 242 g/mol. The van der Waals surface area contributed by atoms with Crippen LogP contribution in [0.4, 0.5) is 0 Å². The van der Waals surface area contributed by atoms with Gasteiger partial charge in [-0.3, -0.25) is 9.59 Å². The highest BCUT2D eigenvalue weighted by Crippen LogP contribution is 2.17. The van der Waals surface area contributed by atoms with Gasteiger partial charge in [-0.15, -0.1) is 0 Å². The van der Waals surface area contributed by atoms with Crippen molar-refractivity contribution in [3.8, 4) is 0 Å². The van der Waals surface area contributed by atoms with Crippen LogP contribution in [0.15, 0.2) is 0 Å².